The molecular formula is C28H25BrF3N3O3. The molecule has 38 heavy (non-hydrogen) atoms. The number of benzene rings is 3. The average molecular weight is 588 g/mol. The smallest absolute Gasteiger partial charge is 0.416 e. The number of para-hydroxylation sites is 1. The van der Waals surface area contributed by atoms with Crippen LogP contribution in [0.5, 0.6) is 11.5 Å². The first-order chi connectivity index (χ1) is 18.1. The number of alkyl halides is 3. The van der Waals surface area contributed by atoms with Crippen molar-refractivity contribution in [3.8, 4) is 22.9 Å². The number of rotatable bonds is 8. The van der Waals surface area contributed by atoms with Crippen LogP contribution in [-0.4, -0.2) is 28.6 Å². The molecule has 0 spiro atoms. The third-order valence-corrected chi connectivity index (χ3v) is 6.34. The van der Waals surface area contributed by atoms with Gasteiger partial charge in [0.1, 0.15) is 0 Å². The molecule has 0 radical (unpaired) electrons. The largest absolute Gasteiger partial charge is 0.490 e. The van der Waals surface area contributed by atoms with E-state index in [1.807, 2.05) is 20.8 Å². The Hall–Kier alpha value is -3.66. The molecule has 0 aliphatic heterocycles. The lowest BCUT2D eigenvalue weighted by molar-refractivity contribution is -0.137. The summed E-state index contributed by atoms with van der Waals surface area (Å²) in [6.07, 6.45) is -2.36. The van der Waals surface area contributed by atoms with Gasteiger partial charge in [0.05, 0.1) is 39.9 Å². The van der Waals surface area contributed by atoms with Crippen LogP contribution in [0.4, 0.5) is 13.2 Å². The van der Waals surface area contributed by atoms with Crippen LogP contribution in [-0.2, 0) is 6.18 Å². The Kier molecular flexibility index (Phi) is 8.20. The molecule has 1 heterocycles. The molecule has 4 rings (SSSR count). The molecule has 0 unspecified atom stereocenters. The fourth-order valence-corrected chi connectivity index (χ4v) is 4.25. The third kappa shape index (κ3) is 5.91. The molecule has 0 bridgehead atoms. The van der Waals surface area contributed by atoms with Crippen LogP contribution in [0.15, 0.2) is 75.0 Å². The maximum atomic E-state index is 13.4. The maximum absolute atomic E-state index is 13.4. The molecule has 0 fully saturated rings. The molecule has 0 amide bonds. The molecule has 0 aliphatic carbocycles. The average Bonchev–Trinajstić information content (AvgIpc) is 2.89. The minimum absolute atomic E-state index is 0.0168. The number of aromatic nitrogens is 2. The molecule has 0 saturated carbocycles. The third-order valence-electron chi connectivity index (χ3n) is 5.75. The fraction of sp³-hybridized carbons (Fsp3) is 0.250. The number of fused-ring (bicyclic) bond motifs is 1. The Morgan fingerprint density at radius 1 is 1.11 bits per heavy atom. The summed E-state index contributed by atoms with van der Waals surface area (Å²) in [4.78, 5) is 17.9. The number of nitrogens with zero attached hydrogens (tertiary/aromatic N) is 3. The van der Waals surface area contributed by atoms with Crippen LogP contribution >= 0.6 is 15.9 Å². The van der Waals surface area contributed by atoms with E-state index in [2.05, 4.69) is 26.0 Å². The van der Waals surface area contributed by atoms with Gasteiger partial charge in [-0.05, 0) is 78.2 Å². The first-order valence-corrected chi connectivity index (χ1v) is 12.8. The minimum atomic E-state index is -4.55. The monoisotopic (exact) mass is 587 g/mol. The topological polar surface area (TPSA) is 65.7 Å². The van der Waals surface area contributed by atoms with Gasteiger partial charge in [-0.15, -0.1) is 0 Å². The summed E-state index contributed by atoms with van der Waals surface area (Å²) in [6.45, 7) is 6.21. The normalized spacial score (nSPS) is 12.7. The first-order valence-electron chi connectivity index (χ1n) is 12.0. The van der Waals surface area contributed by atoms with Crippen LogP contribution in [0.3, 0.4) is 0 Å². The maximum Gasteiger partial charge on any atom is 0.416 e. The lowest BCUT2D eigenvalue weighted by Gasteiger charge is -2.18. The fourth-order valence-electron chi connectivity index (χ4n) is 3.70. The highest BCUT2D eigenvalue weighted by atomic mass is 79.9. The van der Waals surface area contributed by atoms with Crippen molar-refractivity contribution in [2.24, 2.45) is 5.10 Å². The predicted molar refractivity (Wildman–Crippen MR) is 145 cm³/mol. The van der Waals surface area contributed by atoms with Crippen LogP contribution < -0.4 is 15.0 Å². The second kappa shape index (κ2) is 11.4. The summed E-state index contributed by atoms with van der Waals surface area (Å²) in [7, 11) is 0. The van der Waals surface area contributed by atoms with Gasteiger partial charge in [-0.2, -0.15) is 22.9 Å². The highest BCUT2D eigenvalue weighted by Crippen LogP contribution is 2.38. The lowest BCUT2D eigenvalue weighted by Crippen LogP contribution is -2.20. The summed E-state index contributed by atoms with van der Waals surface area (Å²) >= 11 is 3.52. The van der Waals surface area contributed by atoms with Gasteiger partial charge < -0.3 is 9.47 Å². The van der Waals surface area contributed by atoms with Gasteiger partial charge >= 0.3 is 6.18 Å². The van der Waals surface area contributed by atoms with Crippen molar-refractivity contribution in [3.05, 3.63) is 86.6 Å². The van der Waals surface area contributed by atoms with Crippen molar-refractivity contribution in [2.45, 2.75) is 39.5 Å². The Bertz CT molecular complexity index is 1550. The molecule has 6 nitrogen and oxygen atoms in total. The number of hydrogen-bond donors (Lipinski definition) is 0. The SMILES string of the molecule is CCOc1cc(C=Nn2c(-c3cccc(C(F)(F)F)c3)nc3ccccc3c2=O)cc(Br)c1O[C@H](C)CC. The van der Waals surface area contributed by atoms with E-state index in [-0.39, 0.29) is 22.9 Å². The molecule has 0 saturated heterocycles. The molecule has 4 aromatic rings. The second-order valence-electron chi connectivity index (χ2n) is 8.49. The summed E-state index contributed by atoms with van der Waals surface area (Å²) in [5, 5.41) is 4.65. The molecule has 1 aromatic heterocycles. The highest BCUT2D eigenvalue weighted by Gasteiger charge is 2.31. The van der Waals surface area contributed by atoms with E-state index in [0.29, 0.717) is 33.7 Å². The minimum Gasteiger partial charge on any atom is -0.490 e. The van der Waals surface area contributed by atoms with Crippen molar-refractivity contribution in [1.82, 2.24) is 9.66 Å². The van der Waals surface area contributed by atoms with E-state index in [1.165, 1.54) is 18.3 Å². The summed E-state index contributed by atoms with van der Waals surface area (Å²) in [5.74, 6) is 1.02. The molecular weight excluding hydrogens is 563 g/mol. The zero-order chi connectivity index (χ0) is 27.4. The number of halogens is 4. The van der Waals surface area contributed by atoms with Gasteiger partial charge in [0.2, 0.25) is 0 Å². The van der Waals surface area contributed by atoms with Crippen molar-refractivity contribution in [1.29, 1.82) is 0 Å². The van der Waals surface area contributed by atoms with Gasteiger partial charge in [0.25, 0.3) is 5.56 Å². The Labute approximate surface area is 225 Å². The Morgan fingerprint density at radius 3 is 2.58 bits per heavy atom. The molecule has 198 valence electrons. The first kappa shape index (κ1) is 27.4. The van der Waals surface area contributed by atoms with E-state index < -0.39 is 17.3 Å². The van der Waals surface area contributed by atoms with Crippen molar-refractivity contribution in [2.75, 3.05) is 6.61 Å². The zero-order valence-electron chi connectivity index (χ0n) is 20.9. The van der Waals surface area contributed by atoms with Crippen molar-refractivity contribution >= 4 is 33.0 Å². The van der Waals surface area contributed by atoms with Gasteiger partial charge in [0, 0.05) is 5.56 Å². The van der Waals surface area contributed by atoms with E-state index in [0.717, 1.165) is 23.2 Å². The van der Waals surface area contributed by atoms with Crippen LogP contribution in [0.2, 0.25) is 0 Å². The van der Waals surface area contributed by atoms with E-state index in [9.17, 15) is 18.0 Å². The van der Waals surface area contributed by atoms with Crippen molar-refractivity contribution < 1.29 is 22.6 Å². The molecule has 3 aromatic carbocycles. The van der Waals surface area contributed by atoms with Gasteiger partial charge in [0.15, 0.2) is 17.3 Å². The Morgan fingerprint density at radius 2 is 1.87 bits per heavy atom. The van der Waals surface area contributed by atoms with E-state index in [1.54, 1.807) is 36.4 Å². The highest BCUT2D eigenvalue weighted by molar-refractivity contribution is 9.10. The summed E-state index contributed by atoms with van der Waals surface area (Å²) < 4.78 is 53.7. The van der Waals surface area contributed by atoms with Crippen LogP contribution in [0.1, 0.15) is 38.3 Å². The molecule has 10 heteroatoms. The quantitative estimate of drug-likeness (QED) is 0.203. The van der Waals surface area contributed by atoms with Crippen molar-refractivity contribution in [3.63, 3.8) is 0 Å². The number of ether oxygens (including phenoxy) is 2. The standard InChI is InChI=1S/C28H25BrF3N3O3/c1-4-17(3)38-25-22(29)13-18(14-24(25)37-5-2)16-33-35-26(19-9-8-10-20(15-19)28(30,31)32)34-23-12-7-6-11-21(23)27(35)36/h6-17H,4-5H2,1-3H3/t17-/m1/s1. The predicted octanol–water partition coefficient (Wildman–Crippen LogP) is 7.30. The summed E-state index contributed by atoms with van der Waals surface area (Å²) in [6, 6.07) is 14.7. The Balaban J connectivity index is 1.86. The lowest BCUT2D eigenvalue weighted by atomic mass is 10.1. The molecule has 0 aliphatic rings. The number of hydrogen-bond acceptors (Lipinski definition) is 5. The van der Waals surface area contributed by atoms with Gasteiger partial charge in [-0.1, -0.05) is 31.2 Å². The molecule has 1 atom stereocenters. The van der Waals surface area contributed by atoms with Crippen LogP contribution in [0.25, 0.3) is 22.3 Å². The van der Waals surface area contributed by atoms with E-state index >= 15 is 0 Å². The zero-order valence-corrected chi connectivity index (χ0v) is 22.5. The van der Waals surface area contributed by atoms with Gasteiger partial charge in [-0.3, -0.25) is 4.79 Å². The van der Waals surface area contributed by atoms with E-state index in [4.69, 9.17) is 9.47 Å². The second-order valence-corrected chi connectivity index (χ2v) is 9.35. The van der Waals surface area contributed by atoms with Gasteiger partial charge in [-0.25, -0.2) is 4.98 Å². The molecule has 0 N–H and O–H groups in total. The summed E-state index contributed by atoms with van der Waals surface area (Å²) in [5.41, 5.74) is -0.334. The van der Waals surface area contributed by atoms with Crippen LogP contribution in [0, 0.1) is 0 Å².